The summed E-state index contributed by atoms with van der Waals surface area (Å²) < 4.78 is 5.43. The van der Waals surface area contributed by atoms with Crippen LogP contribution in [0.15, 0.2) is 70.1 Å². The zero-order chi connectivity index (χ0) is 16.7. The molecule has 1 unspecified atom stereocenters. The Morgan fingerprint density at radius 1 is 1.12 bits per heavy atom. The Labute approximate surface area is 148 Å². The summed E-state index contributed by atoms with van der Waals surface area (Å²) in [5.41, 5.74) is 5.33. The van der Waals surface area contributed by atoms with Gasteiger partial charge in [0.25, 0.3) is 0 Å². The summed E-state index contributed by atoms with van der Waals surface area (Å²) in [7, 11) is 0. The minimum absolute atomic E-state index is 0.186. The van der Waals surface area contributed by atoms with Gasteiger partial charge < -0.3 is 4.42 Å². The quantitative estimate of drug-likeness (QED) is 0.586. The fraction of sp³-hybridized carbons (Fsp3) is 0.100. The largest absolute Gasteiger partial charge is 0.443 e. The first-order valence-corrected chi connectivity index (χ1v) is 9.06. The predicted molar refractivity (Wildman–Crippen MR) is 98.4 cm³/mol. The lowest BCUT2D eigenvalue weighted by Crippen LogP contribution is -2.30. The van der Waals surface area contributed by atoms with Crippen molar-refractivity contribution in [2.75, 3.05) is 0 Å². The van der Waals surface area contributed by atoms with Gasteiger partial charge in [-0.3, -0.25) is 5.10 Å². The van der Waals surface area contributed by atoms with E-state index in [4.69, 9.17) is 4.42 Å². The number of thiophene rings is 1. The number of oxazole rings is 1. The molecule has 1 aliphatic rings. The van der Waals surface area contributed by atoms with Gasteiger partial charge >= 0.3 is 0 Å². The Kier molecular flexibility index (Phi) is 3.21. The molecule has 0 saturated carbocycles. The van der Waals surface area contributed by atoms with Gasteiger partial charge in [-0.1, -0.05) is 42.5 Å². The van der Waals surface area contributed by atoms with Crippen LogP contribution in [0.2, 0.25) is 0 Å². The third-order valence-electron chi connectivity index (χ3n) is 4.83. The van der Waals surface area contributed by atoms with Crippen molar-refractivity contribution in [3.8, 4) is 11.6 Å². The van der Waals surface area contributed by atoms with Gasteiger partial charge in [0.1, 0.15) is 6.26 Å². The highest BCUT2D eigenvalue weighted by Gasteiger charge is 2.37. The molecule has 1 atom stereocenters. The van der Waals surface area contributed by atoms with Crippen LogP contribution in [0.4, 0.5) is 0 Å². The van der Waals surface area contributed by atoms with Gasteiger partial charge in [0, 0.05) is 23.1 Å². The molecule has 3 heterocycles. The van der Waals surface area contributed by atoms with Crippen LogP contribution in [0.1, 0.15) is 22.4 Å². The van der Waals surface area contributed by atoms with Crippen molar-refractivity contribution in [2.24, 2.45) is 0 Å². The maximum absolute atomic E-state index is 5.43. The average Bonchev–Trinajstić information content (AvgIpc) is 3.42. The maximum atomic E-state index is 5.43. The van der Waals surface area contributed by atoms with Crippen LogP contribution in [0.25, 0.3) is 17.7 Å². The zero-order valence-corrected chi connectivity index (χ0v) is 14.2. The number of hydrogen-bond acceptors (Lipinski definition) is 4. The number of fused-ring (bicyclic) bond motifs is 1. The standard InChI is InChI=1S/C20H15N3OS/c1-2-4-14(5-3-1)20(15-7-11-25-13-15)8-6-16-17(12-20)22-23-18(16)19-21-9-10-24-19/h1-11,13H,12H2,(H,22,23). The third-order valence-corrected chi connectivity index (χ3v) is 5.52. The molecule has 1 aliphatic carbocycles. The van der Waals surface area contributed by atoms with Gasteiger partial charge in [0.2, 0.25) is 5.89 Å². The predicted octanol–water partition coefficient (Wildman–Crippen LogP) is 4.68. The molecule has 5 heteroatoms. The molecule has 122 valence electrons. The Hall–Kier alpha value is -2.92. The number of aromatic amines is 1. The number of nitrogens with zero attached hydrogens (tertiary/aromatic N) is 2. The summed E-state index contributed by atoms with van der Waals surface area (Å²) in [6, 6.07) is 12.8. The van der Waals surface area contributed by atoms with Crippen LogP contribution in [-0.2, 0) is 11.8 Å². The minimum Gasteiger partial charge on any atom is -0.443 e. The number of nitrogens with one attached hydrogen (secondary N) is 1. The summed E-state index contributed by atoms with van der Waals surface area (Å²) in [6.07, 6.45) is 8.47. The van der Waals surface area contributed by atoms with Crippen molar-refractivity contribution in [3.05, 3.63) is 88.1 Å². The lowest BCUT2D eigenvalue weighted by Gasteiger charge is -2.33. The van der Waals surface area contributed by atoms with E-state index in [-0.39, 0.29) is 5.41 Å². The van der Waals surface area contributed by atoms with Crippen molar-refractivity contribution in [2.45, 2.75) is 11.8 Å². The summed E-state index contributed by atoms with van der Waals surface area (Å²) in [5, 5.41) is 12.0. The zero-order valence-electron chi connectivity index (χ0n) is 13.3. The highest BCUT2D eigenvalue weighted by molar-refractivity contribution is 7.08. The van der Waals surface area contributed by atoms with Crippen LogP contribution in [-0.4, -0.2) is 15.2 Å². The number of benzene rings is 1. The summed E-state index contributed by atoms with van der Waals surface area (Å²) in [4.78, 5) is 4.23. The molecule has 0 aliphatic heterocycles. The normalized spacial score (nSPS) is 19.0. The van der Waals surface area contributed by atoms with E-state index in [0.29, 0.717) is 5.89 Å². The first-order chi connectivity index (χ1) is 12.4. The molecule has 4 nitrogen and oxygen atoms in total. The van der Waals surface area contributed by atoms with E-state index >= 15 is 0 Å². The van der Waals surface area contributed by atoms with Gasteiger partial charge in [0.15, 0.2) is 5.69 Å². The van der Waals surface area contributed by atoms with E-state index in [1.807, 2.05) is 0 Å². The molecule has 1 aromatic carbocycles. The number of hydrogen-bond donors (Lipinski definition) is 1. The van der Waals surface area contributed by atoms with Crippen LogP contribution < -0.4 is 0 Å². The Morgan fingerprint density at radius 2 is 2.04 bits per heavy atom. The van der Waals surface area contributed by atoms with Crippen LogP contribution >= 0.6 is 11.3 Å². The number of allylic oxidation sites excluding steroid dienone is 1. The van der Waals surface area contributed by atoms with Crippen LogP contribution in [0.5, 0.6) is 0 Å². The molecular weight excluding hydrogens is 330 g/mol. The van der Waals surface area contributed by atoms with Crippen molar-refractivity contribution in [3.63, 3.8) is 0 Å². The summed E-state index contributed by atoms with van der Waals surface area (Å²) >= 11 is 1.73. The first kappa shape index (κ1) is 14.4. The summed E-state index contributed by atoms with van der Waals surface area (Å²) in [5.74, 6) is 0.546. The van der Waals surface area contributed by atoms with Crippen molar-refractivity contribution in [1.29, 1.82) is 0 Å². The minimum atomic E-state index is -0.186. The number of rotatable bonds is 3. The van der Waals surface area contributed by atoms with Crippen LogP contribution in [0.3, 0.4) is 0 Å². The number of aromatic nitrogens is 3. The first-order valence-electron chi connectivity index (χ1n) is 8.11. The number of H-pyrrole nitrogens is 1. The second kappa shape index (κ2) is 5.57. The molecular formula is C20H15N3OS. The fourth-order valence-corrected chi connectivity index (χ4v) is 4.32. The smallest absolute Gasteiger partial charge is 0.247 e. The molecule has 3 aromatic heterocycles. The Balaban J connectivity index is 1.66. The molecule has 0 fully saturated rings. The fourth-order valence-electron chi connectivity index (χ4n) is 3.58. The lowest BCUT2D eigenvalue weighted by molar-refractivity contribution is 0.571. The van der Waals surface area contributed by atoms with Gasteiger partial charge in [-0.05, 0) is 28.0 Å². The van der Waals surface area contributed by atoms with Gasteiger partial charge in [0.05, 0.1) is 6.20 Å². The topological polar surface area (TPSA) is 54.7 Å². The Morgan fingerprint density at radius 3 is 2.80 bits per heavy atom. The SMILES string of the molecule is C1=CC(c2ccccc2)(c2ccsc2)Cc2[nH]nc(-c3ncco3)c21. The maximum Gasteiger partial charge on any atom is 0.247 e. The Bertz CT molecular complexity index is 1020. The van der Waals surface area contributed by atoms with Crippen molar-refractivity contribution >= 4 is 17.4 Å². The molecule has 1 N–H and O–H groups in total. The van der Waals surface area contributed by atoms with Crippen LogP contribution in [0, 0.1) is 0 Å². The molecule has 0 bridgehead atoms. The highest BCUT2D eigenvalue weighted by atomic mass is 32.1. The summed E-state index contributed by atoms with van der Waals surface area (Å²) in [6.45, 7) is 0. The second-order valence-electron chi connectivity index (χ2n) is 6.16. The molecule has 0 spiro atoms. The molecule has 4 aromatic rings. The van der Waals surface area contributed by atoms with E-state index in [1.54, 1.807) is 23.8 Å². The second-order valence-corrected chi connectivity index (χ2v) is 6.94. The monoisotopic (exact) mass is 345 g/mol. The van der Waals surface area contributed by atoms with Crippen molar-refractivity contribution in [1.82, 2.24) is 15.2 Å². The molecule has 0 amide bonds. The molecule has 25 heavy (non-hydrogen) atoms. The van der Waals surface area contributed by atoms with Gasteiger partial charge in [-0.2, -0.15) is 16.4 Å². The molecule has 0 saturated heterocycles. The van der Waals surface area contributed by atoms with E-state index in [9.17, 15) is 0 Å². The molecule has 5 rings (SSSR count). The van der Waals surface area contributed by atoms with E-state index in [2.05, 4.69) is 74.5 Å². The molecule has 0 radical (unpaired) electrons. The van der Waals surface area contributed by atoms with Gasteiger partial charge in [-0.15, -0.1) is 0 Å². The lowest BCUT2D eigenvalue weighted by atomic mass is 9.69. The average molecular weight is 345 g/mol. The third kappa shape index (κ3) is 2.20. The van der Waals surface area contributed by atoms with E-state index in [0.717, 1.165) is 23.4 Å². The van der Waals surface area contributed by atoms with E-state index in [1.165, 1.54) is 11.1 Å². The highest BCUT2D eigenvalue weighted by Crippen LogP contribution is 2.43. The van der Waals surface area contributed by atoms with Crippen molar-refractivity contribution < 1.29 is 4.42 Å². The van der Waals surface area contributed by atoms with E-state index < -0.39 is 0 Å². The van der Waals surface area contributed by atoms with Gasteiger partial charge in [-0.25, -0.2) is 4.98 Å².